The van der Waals surface area contributed by atoms with Crippen LogP contribution in [0.1, 0.15) is 26.7 Å². The van der Waals surface area contributed by atoms with E-state index < -0.39 is 6.04 Å². The van der Waals surface area contributed by atoms with E-state index in [1.165, 1.54) is 4.90 Å². The third-order valence-electron chi connectivity index (χ3n) is 3.42. The molecule has 1 aliphatic heterocycles. The van der Waals surface area contributed by atoms with E-state index in [1.807, 2.05) is 26.0 Å². The average molecular weight is 281 g/mol. The standard InChI is InChI=1S/C14H17ClN2O2/c1-3-9(2)17-13(18)8-12(14(17)19)16-11-7-5-4-6-10(11)15/h4-7,9,12,16H,3,8H2,1-2H3. The molecule has 0 aromatic heterocycles. The van der Waals surface area contributed by atoms with Crippen LogP contribution in [-0.2, 0) is 9.59 Å². The highest BCUT2D eigenvalue weighted by atomic mass is 35.5. The second-order valence-electron chi connectivity index (χ2n) is 4.74. The van der Waals surface area contributed by atoms with E-state index in [9.17, 15) is 9.59 Å². The maximum absolute atomic E-state index is 12.2. The number of amides is 2. The Hall–Kier alpha value is -1.55. The normalized spacial score (nSPS) is 20.8. The molecule has 2 unspecified atom stereocenters. The van der Waals surface area contributed by atoms with Crippen molar-refractivity contribution in [3.8, 4) is 0 Å². The fraction of sp³-hybridized carbons (Fsp3) is 0.429. The van der Waals surface area contributed by atoms with Gasteiger partial charge in [0.05, 0.1) is 17.1 Å². The largest absolute Gasteiger partial charge is 0.372 e. The molecule has 2 amide bonds. The molecule has 4 nitrogen and oxygen atoms in total. The van der Waals surface area contributed by atoms with Gasteiger partial charge in [-0.15, -0.1) is 0 Å². The van der Waals surface area contributed by atoms with Crippen LogP contribution in [0.2, 0.25) is 5.02 Å². The lowest BCUT2D eigenvalue weighted by Crippen LogP contribution is -2.40. The number of imide groups is 1. The van der Waals surface area contributed by atoms with E-state index in [0.717, 1.165) is 6.42 Å². The molecule has 2 atom stereocenters. The van der Waals surface area contributed by atoms with Gasteiger partial charge < -0.3 is 5.32 Å². The van der Waals surface area contributed by atoms with Gasteiger partial charge in [-0.25, -0.2) is 0 Å². The lowest BCUT2D eigenvalue weighted by atomic mass is 10.2. The van der Waals surface area contributed by atoms with Crippen LogP contribution < -0.4 is 5.32 Å². The van der Waals surface area contributed by atoms with Crippen LogP contribution in [0.5, 0.6) is 0 Å². The van der Waals surface area contributed by atoms with Crippen molar-refractivity contribution in [3.05, 3.63) is 29.3 Å². The second-order valence-corrected chi connectivity index (χ2v) is 5.15. The Balaban J connectivity index is 2.14. The minimum absolute atomic E-state index is 0.0574. The van der Waals surface area contributed by atoms with Crippen LogP contribution in [0.15, 0.2) is 24.3 Å². The molecule has 102 valence electrons. The smallest absolute Gasteiger partial charge is 0.252 e. The monoisotopic (exact) mass is 280 g/mol. The minimum Gasteiger partial charge on any atom is -0.372 e. The predicted molar refractivity (Wildman–Crippen MR) is 75.1 cm³/mol. The number of carbonyl (C=O) groups is 2. The summed E-state index contributed by atoms with van der Waals surface area (Å²) in [6.45, 7) is 3.84. The van der Waals surface area contributed by atoms with Crippen molar-refractivity contribution in [1.29, 1.82) is 0 Å². The number of halogens is 1. The van der Waals surface area contributed by atoms with Gasteiger partial charge in [0.2, 0.25) is 5.91 Å². The highest BCUT2D eigenvalue weighted by molar-refractivity contribution is 6.33. The Morgan fingerprint density at radius 1 is 1.42 bits per heavy atom. The summed E-state index contributed by atoms with van der Waals surface area (Å²) in [4.78, 5) is 25.5. The summed E-state index contributed by atoms with van der Waals surface area (Å²) in [5.74, 6) is -0.289. The molecule has 0 saturated carbocycles. The van der Waals surface area contributed by atoms with Crippen molar-refractivity contribution in [2.45, 2.75) is 38.8 Å². The van der Waals surface area contributed by atoms with Crippen molar-refractivity contribution in [2.75, 3.05) is 5.32 Å². The average Bonchev–Trinajstić information content (AvgIpc) is 2.66. The summed E-state index contributed by atoms with van der Waals surface area (Å²) in [5.41, 5.74) is 0.682. The van der Waals surface area contributed by atoms with Crippen LogP contribution >= 0.6 is 11.6 Å². The number of nitrogens with one attached hydrogen (secondary N) is 1. The van der Waals surface area contributed by atoms with Gasteiger partial charge in [0.25, 0.3) is 5.91 Å². The zero-order valence-corrected chi connectivity index (χ0v) is 11.8. The summed E-state index contributed by atoms with van der Waals surface area (Å²) in [6, 6.07) is 6.63. The first-order chi connectivity index (χ1) is 9.04. The molecule has 5 heteroatoms. The van der Waals surface area contributed by atoms with E-state index in [2.05, 4.69) is 5.32 Å². The first-order valence-electron chi connectivity index (χ1n) is 6.41. The van der Waals surface area contributed by atoms with Crippen LogP contribution in [0.3, 0.4) is 0 Å². The molecule has 0 spiro atoms. The Labute approximate surface area is 117 Å². The van der Waals surface area contributed by atoms with E-state index in [0.29, 0.717) is 10.7 Å². The lowest BCUT2D eigenvalue weighted by Gasteiger charge is -2.22. The molecule has 1 fully saturated rings. The highest BCUT2D eigenvalue weighted by Gasteiger charge is 2.40. The van der Waals surface area contributed by atoms with Gasteiger partial charge in [-0.1, -0.05) is 30.7 Å². The van der Waals surface area contributed by atoms with Gasteiger partial charge in [0, 0.05) is 6.04 Å². The molecule has 19 heavy (non-hydrogen) atoms. The molecule has 0 radical (unpaired) electrons. The van der Waals surface area contributed by atoms with E-state index >= 15 is 0 Å². The third-order valence-corrected chi connectivity index (χ3v) is 3.75. The molecule has 1 aromatic rings. The van der Waals surface area contributed by atoms with Crippen LogP contribution in [0, 0.1) is 0 Å². The Kier molecular flexibility index (Phi) is 4.10. The number of hydrogen-bond donors (Lipinski definition) is 1. The van der Waals surface area contributed by atoms with Crippen molar-refractivity contribution in [2.24, 2.45) is 0 Å². The van der Waals surface area contributed by atoms with Crippen LogP contribution in [-0.4, -0.2) is 28.8 Å². The third kappa shape index (κ3) is 2.73. The first-order valence-corrected chi connectivity index (χ1v) is 6.79. The highest BCUT2D eigenvalue weighted by Crippen LogP contribution is 2.25. The molecule has 1 N–H and O–H groups in total. The topological polar surface area (TPSA) is 49.4 Å². The Morgan fingerprint density at radius 3 is 2.74 bits per heavy atom. The Bertz CT molecular complexity index is 504. The van der Waals surface area contributed by atoms with Gasteiger partial charge in [-0.3, -0.25) is 14.5 Å². The SMILES string of the molecule is CCC(C)N1C(=O)CC(Nc2ccccc2Cl)C1=O. The summed E-state index contributed by atoms with van der Waals surface area (Å²) >= 11 is 6.04. The summed E-state index contributed by atoms with van der Waals surface area (Å²) in [7, 11) is 0. The van der Waals surface area contributed by atoms with Crippen molar-refractivity contribution >= 4 is 29.1 Å². The lowest BCUT2D eigenvalue weighted by molar-refractivity contribution is -0.140. The second kappa shape index (κ2) is 5.61. The molecule has 1 saturated heterocycles. The minimum atomic E-state index is -0.513. The molecule has 0 aliphatic carbocycles. The van der Waals surface area contributed by atoms with E-state index in [1.54, 1.807) is 12.1 Å². The molecular formula is C14H17ClN2O2. The molecule has 1 aromatic carbocycles. The number of rotatable bonds is 4. The maximum Gasteiger partial charge on any atom is 0.252 e. The van der Waals surface area contributed by atoms with E-state index in [4.69, 9.17) is 11.6 Å². The number of para-hydroxylation sites is 1. The zero-order valence-electron chi connectivity index (χ0n) is 11.0. The quantitative estimate of drug-likeness (QED) is 0.863. The molecular weight excluding hydrogens is 264 g/mol. The van der Waals surface area contributed by atoms with Crippen molar-refractivity contribution in [1.82, 2.24) is 4.90 Å². The maximum atomic E-state index is 12.2. The van der Waals surface area contributed by atoms with E-state index in [-0.39, 0.29) is 24.3 Å². The van der Waals surface area contributed by atoms with Gasteiger partial charge >= 0.3 is 0 Å². The fourth-order valence-corrected chi connectivity index (χ4v) is 2.37. The van der Waals surface area contributed by atoms with Crippen LogP contribution in [0.4, 0.5) is 5.69 Å². The van der Waals surface area contributed by atoms with Gasteiger partial charge in [-0.2, -0.15) is 0 Å². The number of likely N-dealkylation sites (tertiary alicyclic amines) is 1. The molecule has 1 aliphatic rings. The van der Waals surface area contributed by atoms with Crippen molar-refractivity contribution < 1.29 is 9.59 Å². The number of carbonyl (C=O) groups excluding carboxylic acids is 2. The zero-order chi connectivity index (χ0) is 14.0. The number of hydrogen-bond acceptors (Lipinski definition) is 3. The fourth-order valence-electron chi connectivity index (χ4n) is 2.18. The number of anilines is 1. The van der Waals surface area contributed by atoms with Gasteiger partial charge in [0.15, 0.2) is 0 Å². The summed E-state index contributed by atoms with van der Waals surface area (Å²) < 4.78 is 0. The molecule has 1 heterocycles. The predicted octanol–water partition coefficient (Wildman–Crippen LogP) is 2.68. The number of benzene rings is 1. The molecule has 2 rings (SSSR count). The van der Waals surface area contributed by atoms with Gasteiger partial charge in [-0.05, 0) is 25.5 Å². The first kappa shape index (κ1) is 13.9. The summed E-state index contributed by atoms with van der Waals surface area (Å²) in [6.07, 6.45) is 0.949. The number of nitrogens with zero attached hydrogens (tertiary/aromatic N) is 1. The van der Waals surface area contributed by atoms with Gasteiger partial charge in [0.1, 0.15) is 6.04 Å². The van der Waals surface area contributed by atoms with Crippen molar-refractivity contribution in [3.63, 3.8) is 0 Å². The molecule has 0 bridgehead atoms. The Morgan fingerprint density at radius 2 is 2.11 bits per heavy atom. The van der Waals surface area contributed by atoms with Crippen LogP contribution in [0.25, 0.3) is 0 Å². The summed E-state index contributed by atoms with van der Waals surface area (Å²) in [5, 5.41) is 3.60.